The average Bonchev–Trinajstić information content (AvgIpc) is 2.26. The summed E-state index contributed by atoms with van der Waals surface area (Å²) >= 11 is 3.10. The Morgan fingerprint density at radius 2 is 2.25 bits per heavy atom. The minimum atomic E-state index is -0.740. The Balaban J connectivity index is 3.27. The van der Waals surface area contributed by atoms with Gasteiger partial charge in [-0.2, -0.15) is 4.39 Å². The standard InChI is InChI=1S/C11H15BrFNO2/c1-6(3-4-14)7-5-8(12)10(15)9(13)11(7)16-2/h5-6,15H,3-4,14H2,1-2H3. The van der Waals surface area contributed by atoms with Gasteiger partial charge in [0.25, 0.3) is 0 Å². The Labute approximate surface area is 103 Å². The molecule has 1 aromatic carbocycles. The Morgan fingerprint density at radius 3 is 2.75 bits per heavy atom. The van der Waals surface area contributed by atoms with Gasteiger partial charge in [0.15, 0.2) is 11.5 Å². The Hall–Kier alpha value is -0.810. The highest BCUT2D eigenvalue weighted by Gasteiger charge is 2.20. The molecule has 0 saturated heterocycles. The smallest absolute Gasteiger partial charge is 0.208 e. The van der Waals surface area contributed by atoms with Crippen molar-refractivity contribution in [3.8, 4) is 11.5 Å². The van der Waals surface area contributed by atoms with Crippen LogP contribution in [0.3, 0.4) is 0 Å². The topological polar surface area (TPSA) is 55.5 Å². The number of rotatable bonds is 4. The number of ether oxygens (including phenoxy) is 1. The van der Waals surface area contributed by atoms with Gasteiger partial charge in [0.2, 0.25) is 5.82 Å². The van der Waals surface area contributed by atoms with Crippen LogP contribution in [-0.4, -0.2) is 18.8 Å². The number of phenolic OH excluding ortho intramolecular Hbond substituents is 1. The summed E-state index contributed by atoms with van der Waals surface area (Å²) in [7, 11) is 1.38. The quantitative estimate of drug-likeness (QED) is 0.897. The molecule has 0 saturated carbocycles. The molecule has 1 rings (SSSR count). The van der Waals surface area contributed by atoms with Crippen LogP contribution < -0.4 is 10.5 Å². The highest BCUT2D eigenvalue weighted by molar-refractivity contribution is 9.10. The number of nitrogens with two attached hydrogens (primary N) is 1. The molecule has 0 aliphatic carbocycles. The van der Waals surface area contributed by atoms with Gasteiger partial charge < -0.3 is 15.6 Å². The lowest BCUT2D eigenvalue weighted by Gasteiger charge is -2.17. The third kappa shape index (κ3) is 2.47. The molecule has 0 aliphatic heterocycles. The third-order valence-electron chi connectivity index (χ3n) is 2.51. The minimum absolute atomic E-state index is 0.0753. The zero-order valence-electron chi connectivity index (χ0n) is 9.26. The first-order valence-electron chi connectivity index (χ1n) is 4.97. The molecule has 0 aromatic heterocycles. The van der Waals surface area contributed by atoms with Crippen molar-refractivity contribution in [2.24, 2.45) is 5.73 Å². The average molecular weight is 292 g/mol. The Bertz CT molecular complexity index is 385. The molecule has 0 radical (unpaired) electrons. The van der Waals surface area contributed by atoms with Crippen LogP contribution in [0.1, 0.15) is 24.8 Å². The van der Waals surface area contributed by atoms with E-state index < -0.39 is 11.6 Å². The van der Waals surface area contributed by atoms with E-state index in [1.165, 1.54) is 7.11 Å². The molecule has 1 unspecified atom stereocenters. The molecule has 3 nitrogen and oxygen atoms in total. The molecule has 5 heteroatoms. The largest absolute Gasteiger partial charge is 0.504 e. The van der Waals surface area contributed by atoms with E-state index in [0.29, 0.717) is 16.6 Å². The predicted molar refractivity (Wildman–Crippen MR) is 64.4 cm³/mol. The van der Waals surface area contributed by atoms with Crippen LogP contribution in [-0.2, 0) is 0 Å². The highest BCUT2D eigenvalue weighted by Crippen LogP contribution is 2.40. The molecule has 1 atom stereocenters. The van der Waals surface area contributed by atoms with E-state index in [2.05, 4.69) is 15.9 Å². The first-order valence-corrected chi connectivity index (χ1v) is 5.77. The fourth-order valence-electron chi connectivity index (χ4n) is 1.59. The maximum Gasteiger partial charge on any atom is 0.208 e. The van der Waals surface area contributed by atoms with Gasteiger partial charge in [0.1, 0.15) is 0 Å². The molecule has 16 heavy (non-hydrogen) atoms. The van der Waals surface area contributed by atoms with Crippen LogP contribution >= 0.6 is 15.9 Å². The van der Waals surface area contributed by atoms with Gasteiger partial charge in [-0.15, -0.1) is 0 Å². The molecule has 0 bridgehead atoms. The predicted octanol–water partition coefficient (Wildman–Crippen LogP) is 2.75. The second kappa shape index (κ2) is 5.50. The summed E-state index contributed by atoms with van der Waals surface area (Å²) in [4.78, 5) is 0. The first kappa shape index (κ1) is 13.3. The Kier molecular flexibility index (Phi) is 4.56. The van der Waals surface area contributed by atoms with Gasteiger partial charge in [0.05, 0.1) is 11.6 Å². The van der Waals surface area contributed by atoms with Crippen molar-refractivity contribution >= 4 is 15.9 Å². The van der Waals surface area contributed by atoms with E-state index in [-0.39, 0.29) is 11.7 Å². The molecular weight excluding hydrogens is 277 g/mol. The van der Waals surface area contributed by atoms with Crippen LogP contribution in [0.5, 0.6) is 11.5 Å². The fraction of sp³-hybridized carbons (Fsp3) is 0.455. The summed E-state index contributed by atoms with van der Waals surface area (Å²) in [5.74, 6) is -1.01. The summed E-state index contributed by atoms with van der Waals surface area (Å²) in [6.45, 7) is 2.46. The summed E-state index contributed by atoms with van der Waals surface area (Å²) in [5.41, 5.74) is 6.17. The fourth-order valence-corrected chi connectivity index (χ4v) is 2.01. The van der Waals surface area contributed by atoms with Gasteiger partial charge >= 0.3 is 0 Å². The summed E-state index contributed by atoms with van der Waals surface area (Å²) < 4.78 is 19.0. The van der Waals surface area contributed by atoms with Gasteiger partial charge in [-0.1, -0.05) is 6.92 Å². The lowest BCUT2D eigenvalue weighted by molar-refractivity contribution is 0.356. The lowest BCUT2D eigenvalue weighted by atomic mass is 9.96. The number of methoxy groups -OCH3 is 1. The molecule has 90 valence electrons. The molecule has 0 aliphatic rings. The SMILES string of the molecule is COc1c(C(C)CCN)cc(Br)c(O)c1F. The van der Waals surface area contributed by atoms with Crippen LogP contribution in [0, 0.1) is 5.82 Å². The minimum Gasteiger partial charge on any atom is -0.504 e. The highest BCUT2D eigenvalue weighted by atomic mass is 79.9. The molecule has 1 aromatic rings. The van der Waals surface area contributed by atoms with Crippen molar-refractivity contribution in [2.75, 3.05) is 13.7 Å². The second-order valence-corrected chi connectivity index (χ2v) is 4.48. The maximum absolute atomic E-state index is 13.7. The van der Waals surface area contributed by atoms with Gasteiger partial charge in [-0.3, -0.25) is 0 Å². The number of halogens is 2. The van der Waals surface area contributed by atoms with Crippen molar-refractivity contribution < 1.29 is 14.2 Å². The molecule has 0 amide bonds. The van der Waals surface area contributed by atoms with Gasteiger partial charge in [0, 0.05) is 5.56 Å². The molecule has 0 heterocycles. The molecular formula is C11H15BrFNO2. The first-order chi connectivity index (χ1) is 7.52. The number of phenols is 1. The Morgan fingerprint density at radius 1 is 1.62 bits per heavy atom. The van der Waals surface area contributed by atoms with Gasteiger partial charge in [-0.25, -0.2) is 0 Å². The lowest BCUT2D eigenvalue weighted by Crippen LogP contribution is -2.07. The summed E-state index contributed by atoms with van der Waals surface area (Å²) in [5, 5.41) is 9.43. The maximum atomic E-state index is 13.7. The second-order valence-electron chi connectivity index (χ2n) is 3.62. The number of hydrogen-bond donors (Lipinski definition) is 2. The zero-order valence-corrected chi connectivity index (χ0v) is 10.8. The van der Waals surface area contributed by atoms with E-state index in [4.69, 9.17) is 10.5 Å². The van der Waals surface area contributed by atoms with Crippen molar-refractivity contribution in [3.63, 3.8) is 0 Å². The van der Waals surface area contributed by atoms with Crippen molar-refractivity contribution in [1.82, 2.24) is 0 Å². The third-order valence-corrected chi connectivity index (χ3v) is 3.12. The van der Waals surface area contributed by atoms with E-state index in [1.807, 2.05) is 6.92 Å². The molecule has 0 fully saturated rings. The van der Waals surface area contributed by atoms with Crippen molar-refractivity contribution in [1.29, 1.82) is 0 Å². The van der Waals surface area contributed by atoms with Crippen LogP contribution in [0.25, 0.3) is 0 Å². The number of aromatic hydroxyl groups is 1. The van der Waals surface area contributed by atoms with Gasteiger partial charge in [-0.05, 0) is 40.9 Å². The van der Waals surface area contributed by atoms with E-state index >= 15 is 0 Å². The van der Waals surface area contributed by atoms with E-state index in [9.17, 15) is 9.50 Å². The van der Waals surface area contributed by atoms with E-state index in [1.54, 1.807) is 6.07 Å². The van der Waals surface area contributed by atoms with Crippen LogP contribution in [0.15, 0.2) is 10.5 Å². The normalized spacial score (nSPS) is 12.6. The molecule has 0 spiro atoms. The van der Waals surface area contributed by atoms with Crippen LogP contribution in [0.2, 0.25) is 0 Å². The molecule has 3 N–H and O–H groups in total. The van der Waals surface area contributed by atoms with Crippen molar-refractivity contribution in [2.45, 2.75) is 19.3 Å². The number of hydrogen-bond acceptors (Lipinski definition) is 3. The van der Waals surface area contributed by atoms with Crippen LogP contribution in [0.4, 0.5) is 4.39 Å². The zero-order chi connectivity index (χ0) is 12.3. The van der Waals surface area contributed by atoms with Crippen molar-refractivity contribution in [3.05, 3.63) is 21.9 Å². The number of benzene rings is 1. The monoisotopic (exact) mass is 291 g/mol. The summed E-state index contributed by atoms with van der Waals surface area (Å²) in [6, 6.07) is 1.66. The summed E-state index contributed by atoms with van der Waals surface area (Å²) in [6.07, 6.45) is 0.729. The van der Waals surface area contributed by atoms with E-state index in [0.717, 1.165) is 6.42 Å².